The van der Waals surface area contributed by atoms with E-state index in [1.54, 1.807) is 23.5 Å². The number of carbonyl (C=O) groups is 1. The molecular formula is C21H24FN3O2S. The number of hydrogen-bond acceptors (Lipinski definition) is 5. The fraction of sp³-hybridized carbons (Fsp3) is 0.333. The van der Waals surface area contributed by atoms with E-state index in [0.29, 0.717) is 6.42 Å². The Kier molecular flexibility index (Phi) is 6.95. The summed E-state index contributed by atoms with van der Waals surface area (Å²) in [4.78, 5) is 16.2. The van der Waals surface area contributed by atoms with E-state index in [2.05, 4.69) is 4.98 Å². The highest BCUT2D eigenvalue weighted by Crippen LogP contribution is 2.25. The fourth-order valence-corrected chi connectivity index (χ4v) is 4.02. The molecule has 0 aliphatic carbocycles. The Morgan fingerprint density at radius 3 is 2.68 bits per heavy atom. The minimum absolute atomic E-state index is 0.239. The molecule has 2 aromatic carbocycles. The van der Waals surface area contributed by atoms with E-state index in [-0.39, 0.29) is 12.4 Å². The number of fused-ring (bicyclic) bond motifs is 1. The minimum atomic E-state index is -0.629. The Hall–Kier alpha value is -2.51. The lowest BCUT2D eigenvalue weighted by atomic mass is 10.1. The number of anilines is 1. The lowest BCUT2D eigenvalue weighted by molar-refractivity contribution is -0.130. The molecule has 3 aromatic rings. The highest BCUT2D eigenvalue weighted by molar-refractivity contribution is 7.18. The van der Waals surface area contributed by atoms with Gasteiger partial charge in [0, 0.05) is 5.69 Å². The number of amides is 1. The average molecular weight is 402 g/mol. The predicted molar refractivity (Wildman–Crippen MR) is 110 cm³/mol. The van der Waals surface area contributed by atoms with Crippen LogP contribution in [0.5, 0.6) is 0 Å². The zero-order chi connectivity index (χ0) is 19.9. The zero-order valence-corrected chi connectivity index (χ0v) is 16.4. The quantitative estimate of drug-likeness (QED) is 0.394. The summed E-state index contributed by atoms with van der Waals surface area (Å²) in [7, 11) is 0. The summed E-state index contributed by atoms with van der Waals surface area (Å²) >= 11 is 1.67. The van der Waals surface area contributed by atoms with Gasteiger partial charge >= 0.3 is 0 Å². The van der Waals surface area contributed by atoms with Crippen LogP contribution in [0, 0.1) is 5.82 Å². The molecule has 5 nitrogen and oxygen atoms in total. The number of thiazole rings is 1. The van der Waals surface area contributed by atoms with Crippen molar-refractivity contribution in [3.63, 3.8) is 0 Å². The largest absolute Gasteiger partial charge is 0.399 e. The highest BCUT2D eigenvalue weighted by Gasteiger charge is 2.15. The molecule has 0 fully saturated rings. The van der Waals surface area contributed by atoms with Crippen LogP contribution >= 0.6 is 11.3 Å². The number of nitrogen functional groups attached to an aromatic ring is 1. The number of hydrogen-bond donors (Lipinski definition) is 2. The van der Waals surface area contributed by atoms with Gasteiger partial charge in [-0.2, -0.15) is 0 Å². The molecule has 148 valence electrons. The van der Waals surface area contributed by atoms with E-state index in [1.165, 1.54) is 12.1 Å². The van der Waals surface area contributed by atoms with Gasteiger partial charge in [-0.3, -0.25) is 4.79 Å². The molecule has 3 rings (SSSR count). The van der Waals surface area contributed by atoms with Crippen molar-refractivity contribution in [3.8, 4) is 0 Å². The van der Waals surface area contributed by atoms with Gasteiger partial charge in [-0.15, -0.1) is 11.3 Å². The van der Waals surface area contributed by atoms with Crippen molar-refractivity contribution in [1.29, 1.82) is 0 Å². The summed E-state index contributed by atoms with van der Waals surface area (Å²) < 4.78 is 19.7. The molecule has 4 N–H and O–H groups in total. The Bertz CT molecular complexity index is 927. The SMILES string of the molecule is NC(=O)C(CCCCCc1nc2ccc(N)cc2s1)OCc1ccc(F)cc1. The Morgan fingerprint density at radius 1 is 1.14 bits per heavy atom. The van der Waals surface area contributed by atoms with Crippen molar-refractivity contribution < 1.29 is 13.9 Å². The summed E-state index contributed by atoms with van der Waals surface area (Å²) in [6.45, 7) is 0.239. The number of rotatable bonds is 10. The summed E-state index contributed by atoms with van der Waals surface area (Å²) in [5.74, 6) is -0.766. The first-order valence-electron chi connectivity index (χ1n) is 9.31. The standard InChI is InChI=1S/C21H24FN3O2S/c22-15-8-6-14(7-9-15)13-27-18(21(24)26)4-2-1-3-5-20-25-17-11-10-16(23)12-19(17)28-20/h6-12,18H,1-5,13,23H2,(H2,24,26). The average Bonchev–Trinajstić information content (AvgIpc) is 3.06. The molecule has 1 heterocycles. The van der Waals surface area contributed by atoms with Crippen molar-refractivity contribution >= 4 is 33.1 Å². The maximum absolute atomic E-state index is 12.9. The van der Waals surface area contributed by atoms with Gasteiger partial charge in [-0.25, -0.2) is 9.37 Å². The number of nitrogens with zero attached hydrogens (tertiary/aromatic N) is 1. The van der Waals surface area contributed by atoms with E-state index >= 15 is 0 Å². The van der Waals surface area contributed by atoms with E-state index in [1.807, 2.05) is 18.2 Å². The molecule has 1 atom stereocenters. The maximum Gasteiger partial charge on any atom is 0.246 e. The second-order valence-corrected chi connectivity index (χ2v) is 7.88. The van der Waals surface area contributed by atoms with Crippen molar-refractivity contribution in [3.05, 3.63) is 58.9 Å². The van der Waals surface area contributed by atoms with Gasteiger partial charge in [0.25, 0.3) is 0 Å². The smallest absolute Gasteiger partial charge is 0.246 e. The maximum atomic E-state index is 12.9. The van der Waals surface area contributed by atoms with E-state index in [9.17, 15) is 9.18 Å². The first kappa shape index (κ1) is 20.2. The normalized spacial score (nSPS) is 12.3. The van der Waals surface area contributed by atoms with Crippen LogP contribution in [-0.2, 0) is 22.6 Å². The van der Waals surface area contributed by atoms with E-state index in [4.69, 9.17) is 16.2 Å². The number of nitrogens with two attached hydrogens (primary N) is 2. The number of halogens is 1. The number of aromatic nitrogens is 1. The predicted octanol–water partition coefficient (Wildman–Crippen LogP) is 4.19. The molecule has 0 spiro atoms. The van der Waals surface area contributed by atoms with Crippen molar-refractivity contribution in [1.82, 2.24) is 4.98 Å². The molecule has 1 amide bonds. The molecule has 7 heteroatoms. The molecule has 1 aromatic heterocycles. The molecule has 0 radical (unpaired) electrons. The Balaban J connectivity index is 1.40. The Morgan fingerprint density at radius 2 is 1.93 bits per heavy atom. The second kappa shape index (κ2) is 9.61. The van der Waals surface area contributed by atoms with Gasteiger partial charge in [-0.05, 0) is 55.2 Å². The van der Waals surface area contributed by atoms with Crippen molar-refractivity contribution in [2.75, 3.05) is 5.73 Å². The summed E-state index contributed by atoms with van der Waals surface area (Å²) in [5, 5.41) is 1.10. The number of aryl methyl sites for hydroxylation is 1. The summed E-state index contributed by atoms with van der Waals surface area (Å²) in [6, 6.07) is 11.8. The third-order valence-corrected chi connectivity index (χ3v) is 5.57. The van der Waals surface area contributed by atoms with Gasteiger partial charge in [-0.1, -0.05) is 25.0 Å². The molecule has 28 heavy (non-hydrogen) atoms. The molecule has 0 saturated carbocycles. The van der Waals surface area contributed by atoms with Gasteiger partial charge in [0.2, 0.25) is 5.91 Å². The van der Waals surface area contributed by atoms with Crippen LogP contribution in [0.3, 0.4) is 0 Å². The van der Waals surface area contributed by atoms with Gasteiger partial charge in [0.15, 0.2) is 0 Å². The summed E-state index contributed by atoms with van der Waals surface area (Å²) in [6.07, 6.45) is 3.63. The molecular weight excluding hydrogens is 377 g/mol. The number of carbonyl (C=O) groups excluding carboxylic acids is 1. The van der Waals surface area contributed by atoms with Crippen molar-refractivity contribution in [2.24, 2.45) is 5.73 Å². The summed E-state index contributed by atoms with van der Waals surface area (Å²) in [5.41, 5.74) is 13.8. The van der Waals surface area contributed by atoms with Crippen LogP contribution in [0.2, 0.25) is 0 Å². The molecule has 0 aliphatic rings. The second-order valence-electron chi connectivity index (χ2n) is 6.76. The van der Waals surface area contributed by atoms with Crippen LogP contribution in [0.25, 0.3) is 10.2 Å². The zero-order valence-electron chi connectivity index (χ0n) is 15.6. The molecule has 1 unspecified atom stereocenters. The first-order chi connectivity index (χ1) is 13.5. The Labute approximate surface area is 167 Å². The molecule has 0 aliphatic heterocycles. The van der Waals surface area contributed by atoms with Crippen LogP contribution in [0.1, 0.15) is 36.3 Å². The van der Waals surface area contributed by atoms with Gasteiger partial charge in [0.1, 0.15) is 11.9 Å². The van der Waals surface area contributed by atoms with Crippen LogP contribution in [0.4, 0.5) is 10.1 Å². The first-order valence-corrected chi connectivity index (χ1v) is 10.1. The van der Waals surface area contributed by atoms with Gasteiger partial charge in [0.05, 0.1) is 21.8 Å². The monoisotopic (exact) mass is 401 g/mol. The third kappa shape index (κ3) is 5.74. The third-order valence-electron chi connectivity index (χ3n) is 4.50. The van der Waals surface area contributed by atoms with Crippen LogP contribution < -0.4 is 11.5 Å². The van der Waals surface area contributed by atoms with Gasteiger partial charge < -0.3 is 16.2 Å². The fourth-order valence-electron chi connectivity index (χ4n) is 2.96. The number of benzene rings is 2. The lowest BCUT2D eigenvalue weighted by Crippen LogP contribution is -2.31. The highest BCUT2D eigenvalue weighted by atomic mass is 32.1. The van der Waals surface area contributed by atoms with E-state index < -0.39 is 12.0 Å². The number of ether oxygens (including phenoxy) is 1. The van der Waals surface area contributed by atoms with E-state index in [0.717, 1.165) is 52.2 Å². The topological polar surface area (TPSA) is 91.2 Å². The lowest BCUT2D eigenvalue weighted by Gasteiger charge is -2.14. The molecule has 0 saturated heterocycles. The minimum Gasteiger partial charge on any atom is -0.399 e. The van der Waals surface area contributed by atoms with Crippen molar-refractivity contribution in [2.45, 2.75) is 44.8 Å². The molecule has 0 bridgehead atoms. The van der Waals surface area contributed by atoms with Crippen LogP contribution in [-0.4, -0.2) is 17.0 Å². The number of primary amides is 1. The van der Waals surface area contributed by atoms with Crippen LogP contribution in [0.15, 0.2) is 42.5 Å². The number of unbranched alkanes of at least 4 members (excludes halogenated alkanes) is 2.